The van der Waals surface area contributed by atoms with Crippen LogP contribution in [0.15, 0.2) is 28.7 Å². The van der Waals surface area contributed by atoms with Gasteiger partial charge in [-0.25, -0.2) is 9.37 Å². The predicted molar refractivity (Wildman–Crippen MR) is 73.8 cm³/mol. The first-order valence-electron chi connectivity index (χ1n) is 5.72. The van der Waals surface area contributed by atoms with Crippen LogP contribution < -0.4 is 4.74 Å². The third kappa shape index (κ3) is 3.11. The molecule has 2 rings (SSSR count). The maximum Gasteiger partial charge on any atom is 0.225 e. The Kier molecular flexibility index (Phi) is 4.17. The van der Waals surface area contributed by atoms with E-state index in [9.17, 15) is 9.50 Å². The normalized spacial score (nSPS) is 10.6. The second kappa shape index (κ2) is 5.67. The van der Waals surface area contributed by atoms with Gasteiger partial charge in [-0.05, 0) is 43.7 Å². The van der Waals surface area contributed by atoms with Gasteiger partial charge in [-0.1, -0.05) is 15.9 Å². The van der Waals surface area contributed by atoms with Crippen LogP contribution >= 0.6 is 15.9 Å². The van der Waals surface area contributed by atoms with Gasteiger partial charge in [-0.3, -0.25) is 0 Å². The van der Waals surface area contributed by atoms with Gasteiger partial charge in [0.15, 0.2) is 11.6 Å². The van der Waals surface area contributed by atoms with Crippen LogP contribution in [0.2, 0.25) is 0 Å². The van der Waals surface area contributed by atoms with Gasteiger partial charge in [0.25, 0.3) is 0 Å². The third-order valence-corrected chi connectivity index (χ3v) is 3.19. The molecule has 0 unspecified atom stereocenters. The van der Waals surface area contributed by atoms with Gasteiger partial charge >= 0.3 is 0 Å². The van der Waals surface area contributed by atoms with Crippen molar-refractivity contribution < 1.29 is 14.2 Å². The van der Waals surface area contributed by atoms with E-state index in [4.69, 9.17) is 4.74 Å². The second-order valence-corrected chi connectivity index (χ2v) is 5.11. The number of aryl methyl sites for hydroxylation is 2. The standard InChI is InChI=1S/C14H13BrFNO2/c1-8-5-9(2)17-14(11(8)7-18)19-13-4-3-10(15)6-12(13)16/h3-6,18H,7H2,1-2H3. The molecule has 2 aromatic rings. The van der Waals surface area contributed by atoms with E-state index in [-0.39, 0.29) is 18.2 Å². The summed E-state index contributed by atoms with van der Waals surface area (Å²) in [5.41, 5.74) is 2.18. The molecule has 1 aromatic carbocycles. The molecule has 1 heterocycles. The van der Waals surface area contributed by atoms with E-state index in [1.54, 1.807) is 6.07 Å². The highest BCUT2D eigenvalue weighted by molar-refractivity contribution is 9.10. The largest absolute Gasteiger partial charge is 0.436 e. The molecule has 5 heteroatoms. The van der Waals surface area contributed by atoms with Gasteiger partial charge in [0.1, 0.15) is 0 Å². The topological polar surface area (TPSA) is 42.4 Å². The molecule has 0 saturated heterocycles. The Balaban J connectivity index is 2.42. The molecular formula is C14H13BrFNO2. The zero-order valence-electron chi connectivity index (χ0n) is 10.6. The van der Waals surface area contributed by atoms with E-state index in [0.29, 0.717) is 10.0 Å². The summed E-state index contributed by atoms with van der Waals surface area (Å²) in [5, 5.41) is 9.36. The van der Waals surface area contributed by atoms with Crippen LogP contribution in [0.5, 0.6) is 11.6 Å². The van der Waals surface area contributed by atoms with E-state index >= 15 is 0 Å². The van der Waals surface area contributed by atoms with Gasteiger partial charge in [0, 0.05) is 15.7 Å². The Bertz CT molecular complexity index is 617. The lowest BCUT2D eigenvalue weighted by Crippen LogP contribution is -2.00. The molecule has 0 amide bonds. The van der Waals surface area contributed by atoms with E-state index in [1.807, 2.05) is 19.9 Å². The van der Waals surface area contributed by atoms with Crippen LogP contribution in [0.3, 0.4) is 0 Å². The van der Waals surface area contributed by atoms with Crippen LogP contribution in [0.1, 0.15) is 16.8 Å². The Morgan fingerprint density at radius 3 is 2.68 bits per heavy atom. The molecule has 0 aliphatic heterocycles. The van der Waals surface area contributed by atoms with Gasteiger partial charge < -0.3 is 9.84 Å². The van der Waals surface area contributed by atoms with Crippen LogP contribution in [0.25, 0.3) is 0 Å². The minimum absolute atomic E-state index is 0.0791. The highest BCUT2D eigenvalue weighted by atomic mass is 79.9. The maximum absolute atomic E-state index is 13.7. The summed E-state index contributed by atoms with van der Waals surface area (Å²) in [6.45, 7) is 3.47. The lowest BCUT2D eigenvalue weighted by molar-refractivity contribution is 0.273. The summed E-state index contributed by atoms with van der Waals surface area (Å²) in [6.07, 6.45) is 0. The number of aromatic nitrogens is 1. The summed E-state index contributed by atoms with van der Waals surface area (Å²) in [7, 11) is 0. The van der Waals surface area contributed by atoms with Crippen molar-refractivity contribution in [3.05, 3.63) is 51.4 Å². The summed E-state index contributed by atoms with van der Waals surface area (Å²) < 4.78 is 19.8. The number of ether oxygens (including phenoxy) is 1. The molecule has 1 aromatic heterocycles. The zero-order valence-corrected chi connectivity index (χ0v) is 12.2. The zero-order chi connectivity index (χ0) is 14.0. The van der Waals surface area contributed by atoms with Crippen molar-refractivity contribution in [3.63, 3.8) is 0 Å². The summed E-state index contributed by atoms with van der Waals surface area (Å²) >= 11 is 3.18. The highest BCUT2D eigenvalue weighted by Crippen LogP contribution is 2.29. The first kappa shape index (κ1) is 14.0. The first-order valence-corrected chi connectivity index (χ1v) is 6.51. The van der Waals surface area contributed by atoms with E-state index < -0.39 is 5.82 Å². The van der Waals surface area contributed by atoms with E-state index in [0.717, 1.165) is 11.3 Å². The molecule has 0 saturated carbocycles. The molecule has 0 atom stereocenters. The number of hydrogen-bond donors (Lipinski definition) is 1. The number of aliphatic hydroxyl groups excluding tert-OH is 1. The van der Waals surface area contributed by atoms with Gasteiger partial charge in [-0.2, -0.15) is 0 Å². The first-order chi connectivity index (χ1) is 9.01. The molecule has 0 aliphatic carbocycles. The third-order valence-electron chi connectivity index (χ3n) is 2.70. The van der Waals surface area contributed by atoms with Crippen molar-refractivity contribution in [1.29, 1.82) is 0 Å². The number of hydrogen-bond acceptors (Lipinski definition) is 3. The smallest absolute Gasteiger partial charge is 0.225 e. The number of rotatable bonds is 3. The summed E-state index contributed by atoms with van der Waals surface area (Å²) in [5.74, 6) is -0.171. The lowest BCUT2D eigenvalue weighted by atomic mass is 10.1. The SMILES string of the molecule is Cc1cc(C)c(CO)c(Oc2ccc(Br)cc2F)n1. The van der Waals surface area contributed by atoms with Crippen LogP contribution in [-0.4, -0.2) is 10.1 Å². The molecular weight excluding hydrogens is 313 g/mol. The molecule has 3 nitrogen and oxygen atoms in total. The minimum atomic E-state index is -0.487. The maximum atomic E-state index is 13.7. The second-order valence-electron chi connectivity index (χ2n) is 4.20. The molecule has 0 bridgehead atoms. The minimum Gasteiger partial charge on any atom is -0.436 e. The highest BCUT2D eigenvalue weighted by Gasteiger charge is 2.13. The molecule has 1 N–H and O–H groups in total. The molecule has 19 heavy (non-hydrogen) atoms. The van der Waals surface area contributed by atoms with Crippen molar-refractivity contribution in [2.75, 3.05) is 0 Å². The van der Waals surface area contributed by atoms with Crippen LogP contribution in [0.4, 0.5) is 4.39 Å². The van der Waals surface area contributed by atoms with Crippen LogP contribution in [0, 0.1) is 19.7 Å². The van der Waals surface area contributed by atoms with E-state index in [2.05, 4.69) is 20.9 Å². The van der Waals surface area contributed by atoms with Crippen LogP contribution in [-0.2, 0) is 6.61 Å². The average Bonchev–Trinajstić information content (AvgIpc) is 2.32. The molecule has 0 aliphatic rings. The van der Waals surface area contributed by atoms with E-state index in [1.165, 1.54) is 12.1 Å². The fraction of sp³-hybridized carbons (Fsp3) is 0.214. The monoisotopic (exact) mass is 325 g/mol. The van der Waals surface area contributed by atoms with Gasteiger partial charge in [0.2, 0.25) is 5.88 Å². The fourth-order valence-electron chi connectivity index (χ4n) is 1.77. The van der Waals surface area contributed by atoms with Gasteiger partial charge in [0.05, 0.1) is 6.61 Å². The number of pyridine rings is 1. The molecule has 0 spiro atoms. The Labute approximate surface area is 119 Å². The number of benzene rings is 1. The van der Waals surface area contributed by atoms with Gasteiger partial charge in [-0.15, -0.1) is 0 Å². The van der Waals surface area contributed by atoms with Crippen molar-refractivity contribution in [2.24, 2.45) is 0 Å². The molecule has 0 fully saturated rings. The van der Waals surface area contributed by atoms with Crippen molar-refractivity contribution in [3.8, 4) is 11.6 Å². The number of aliphatic hydroxyl groups is 1. The molecule has 100 valence electrons. The summed E-state index contributed by atoms with van der Waals surface area (Å²) in [4.78, 5) is 4.20. The molecule has 0 radical (unpaired) electrons. The average molecular weight is 326 g/mol. The van der Waals surface area contributed by atoms with Crippen molar-refractivity contribution in [2.45, 2.75) is 20.5 Å². The summed E-state index contributed by atoms with van der Waals surface area (Å²) in [6, 6.07) is 6.35. The Morgan fingerprint density at radius 1 is 1.32 bits per heavy atom. The van der Waals surface area contributed by atoms with Crippen molar-refractivity contribution >= 4 is 15.9 Å². The van der Waals surface area contributed by atoms with Crippen molar-refractivity contribution in [1.82, 2.24) is 4.98 Å². The number of halogens is 2. The predicted octanol–water partition coefficient (Wildman–Crippen LogP) is 3.88. The number of nitrogens with zero attached hydrogens (tertiary/aromatic N) is 1. The fourth-order valence-corrected chi connectivity index (χ4v) is 2.10. The Hall–Kier alpha value is -1.46. The lowest BCUT2D eigenvalue weighted by Gasteiger charge is -2.12. The Morgan fingerprint density at radius 2 is 2.05 bits per heavy atom. The quantitative estimate of drug-likeness (QED) is 0.931.